The maximum absolute atomic E-state index is 5.35. The van der Waals surface area contributed by atoms with Gasteiger partial charge < -0.3 is 14.8 Å². The van der Waals surface area contributed by atoms with Crippen molar-refractivity contribution < 1.29 is 9.47 Å². The Hall–Kier alpha value is -1.22. The molecule has 0 aromatic heterocycles. The molecule has 0 fully saturated rings. The van der Waals surface area contributed by atoms with E-state index in [9.17, 15) is 0 Å². The van der Waals surface area contributed by atoms with Crippen molar-refractivity contribution in [1.82, 2.24) is 5.32 Å². The van der Waals surface area contributed by atoms with Crippen LogP contribution < -0.4 is 14.8 Å². The molecule has 1 aliphatic rings. The lowest BCUT2D eigenvalue weighted by Gasteiger charge is -2.16. The van der Waals surface area contributed by atoms with E-state index in [1.54, 1.807) is 0 Å². The zero-order chi connectivity index (χ0) is 12.3. The molecule has 0 saturated carbocycles. The minimum atomic E-state index is 0.344. The minimum absolute atomic E-state index is 0.344. The van der Waals surface area contributed by atoms with Crippen molar-refractivity contribution >= 4 is 0 Å². The average Bonchev–Trinajstić information content (AvgIpc) is 2.75. The predicted octanol–water partition coefficient (Wildman–Crippen LogP) is 2.80. The Kier molecular flexibility index (Phi) is 3.89. The lowest BCUT2D eigenvalue weighted by molar-refractivity contribution is 0.174. The summed E-state index contributed by atoms with van der Waals surface area (Å²) in [6, 6.07) is 6.11. The van der Waals surface area contributed by atoms with Gasteiger partial charge in [-0.15, -0.1) is 0 Å². The standard InChI is InChI=1S/C14H21NO2/c1-10(2)11(3)7-15-8-12-4-5-13-14(6-12)17-9-16-13/h4-6,10-11,15H,7-9H2,1-3H3/t11-/m1/s1. The molecule has 0 amide bonds. The first-order chi connectivity index (χ1) is 8.16. The van der Waals surface area contributed by atoms with Gasteiger partial charge in [-0.2, -0.15) is 0 Å². The highest BCUT2D eigenvalue weighted by molar-refractivity contribution is 5.44. The molecule has 17 heavy (non-hydrogen) atoms. The minimum Gasteiger partial charge on any atom is -0.454 e. The van der Waals surface area contributed by atoms with Gasteiger partial charge in [0.2, 0.25) is 6.79 Å². The number of hydrogen-bond donors (Lipinski definition) is 1. The van der Waals surface area contributed by atoms with Gasteiger partial charge in [0, 0.05) is 6.54 Å². The largest absolute Gasteiger partial charge is 0.454 e. The summed E-state index contributed by atoms with van der Waals surface area (Å²) in [6.45, 7) is 9.06. The molecule has 2 rings (SSSR count). The van der Waals surface area contributed by atoms with E-state index in [0.717, 1.165) is 30.5 Å². The van der Waals surface area contributed by atoms with Gasteiger partial charge in [-0.1, -0.05) is 26.8 Å². The fourth-order valence-corrected chi connectivity index (χ4v) is 1.73. The van der Waals surface area contributed by atoms with E-state index in [-0.39, 0.29) is 0 Å². The smallest absolute Gasteiger partial charge is 0.231 e. The summed E-state index contributed by atoms with van der Waals surface area (Å²) in [6.07, 6.45) is 0. The molecule has 94 valence electrons. The first kappa shape index (κ1) is 12.2. The summed E-state index contributed by atoms with van der Waals surface area (Å²) >= 11 is 0. The van der Waals surface area contributed by atoms with Crippen LogP contribution in [0.15, 0.2) is 18.2 Å². The Morgan fingerprint density at radius 3 is 2.71 bits per heavy atom. The molecule has 0 spiro atoms. The molecule has 3 heteroatoms. The Morgan fingerprint density at radius 2 is 1.94 bits per heavy atom. The molecule has 0 aliphatic carbocycles. The number of nitrogens with one attached hydrogen (secondary N) is 1. The Balaban J connectivity index is 1.83. The van der Waals surface area contributed by atoms with Gasteiger partial charge >= 0.3 is 0 Å². The summed E-state index contributed by atoms with van der Waals surface area (Å²) < 4.78 is 10.6. The predicted molar refractivity (Wildman–Crippen MR) is 68.3 cm³/mol. The van der Waals surface area contributed by atoms with E-state index >= 15 is 0 Å². The molecule has 1 aliphatic heterocycles. The van der Waals surface area contributed by atoms with Crippen LogP contribution in [-0.2, 0) is 6.54 Å². The number of fused-ring (bicyclic) bond motifs is 1. The van der Waals surface area contributed by atoms with Gasteiger partial charge in [-0.25, -0.2) is 0 Å². The molecule has 1 aromatic carbocycles. The van der Waals surface area contributed by atoms with Gasteiger partial charge in [0.15, 0.2) is 11.5 Å². The molecule has 1 aromatic rings. The SMILES string of the molecule is CC(C)[C@H](C)CNCc1ccc2c(c1)OCO2. The van der Waals surface area contributed by atoms with E-state index in [1.165, 1.54) is 5.56 Å². The highest BCUT2D eigenvalue weighted by Gasteiger charge is 2.13. The number of hydrogen-bond acceptors (Lipinski definition) is 3. The average molecular weight is 235 g/mol. The van der Waals surface area contributed by atoms with Crippen molar-refractivity contribution in [1.29, 1.82) is 0 Å². The number of ether oxygens (including phenoxy) is 2. The van der Waals surface area contributed by atoms with Crippen molar-refractivity contribution in [3.05, 3.63) is 23.8 Å². The summed E-state index contributed by atoms with van der Waals surface area (Å²) in [5, 5.41) is 3.48. The van der Waals surface area contributed by atoms with Crippen LogP contribution in [0.2, 0.25) is 0 Å². The first-order valence-corrected chi connectivity index (χ1v) is 6.26. The van der Waals surface area contributed by atoms with E-state index in [2.05, 4.69) is 38.2 Å². The second-order valence-electron chi connectivity index (χ2n) is 5.04. The van der Waals surface area contributed by atoms with Crippen LogP contribution >= 0.6 is 0 Å². The van der Waals surface area contributed by atoms with Crippen molar-refractivity contribution in [2.75, 3.05) is 13.3 Å². The second kappa shape index (κ2) is 5.41. The zero-order valence-electron chi connectivity index (χ0n) is 10.8. The second-order valence-corrected chi connectivity index (χ2v) is 5.04. The fourth-order valence-electron chi connectivity index (χ4n) is 1.73. The number of rotatable bonds is 5. The maximum atomic E-state index is 5.35. The summed E-state index contributed by atoms with van der Waals surface area (Å²) in [5.41, 5.74) is 1.24. The van der Waals surface area contributed by atoms with E-state index in [1.807, 2.05) is 6.07 Å². The molecular weight excluding hydrogens is 214 g/mol. The third-order valence-corrected chi connectivity index (χ3v) is 3.37. The fraction of sp³-hybridized carbons (Fsp3) is 0.571. The Labute approximate surface area is 103 Å². The highest BCUT2D eigenvalue weighted by Crippen LogP contribution is 2.32. The monoisotopic (exact) mass is 235 g/mol. The van der Waals surface area contributed by atoms with Gasteiger partial charge in [0.05, 0.1) is 0 Å². The lowest BCUT2D eigenvalue weighted by Crippen LogP contribution is -2.23. The lowest BCUT2D eigenvalue weighted by atomic mass is 9.98. The third kappa shape index (κ3) is 3.13. The molecule has 0 unspecified atom stereocenters. The summed E-state index contributed by atoms with van der Waals surface area (Å²) in [7, 11) is 0. The zero-order valence-corrected chi connectivity index (χ0v) is 10.8. The summed E-state index contributed by atoms with van der Waals surface area (Å²) in [4.78, 5) is 0. The van der Waals surface area contributed by atoms with Crippen molar-refractivity contribution in [2.24, 2.45) is 11.8 Å². The number of benzene rings is 1. The molecule has 3 nitrogen and oxygen atoms in total. The Bertz CT molecular complexity index is 376. The molecule has 0 radical (unpaired) electrons. The van der Waals surface area contributed by atoms with Gasteiger partial charge in [-0.3, -0.25) is 0 Å². The van der Waals surface area contributed by atoms with Gasteiger partial charge in [0.1, 0.15) is 0 Å². The normalized spacial score (nSPS) is 15.3. The Morgan fingerprint density at radius 1 is 1.18 bits per heavy atom. The van der Waals surface area contributed by atoms with Gasteiger partial charge in [0.25, 0.3) is 0 Å². The molecule has 0 bridgehead atoms. The molecule has 1 N–H and O–H groups in total. The summed E-state index contributed by atoms with van der Waals surface area (Å²) in [5.74, 6) is 3.13. The van der Waals surface area contributed by atoms with E-state index < -0.39 is 0 Å². The van der Waals surface area contributed by atoms with Crippen LogP contribution in [0.3, 0.4) is 0 Å². The van der Waals surface area contributed by atoms with Gasteiger partial charge in [-0.05, 0) is 36.1 Å². The van der Waals surface area contributed by atoms with E-state index in [4.69, 9.17) is 9.47 Å². The quantitative estimate of drug-likeness (QED) is 0.851. The van der Waals surface area contributed by atoms with Crippen LogP contribution in [0.25, 0.3) is 0 Å². The van der Waals surface area contributed by atoms with Crippen LogP contribution in [0.4, 0.5) is 0 Å². The highest BCUT2D eigenvalue weighted by atomic mass is 16.7. The first-order valence-electron chi connectivity index (χ1n) is 6.26. The topological polar surface area (TPSA) is 30.5 Å². The van der Waals surface area contributed by atoms with Crippen LogP contribution in [0.1, 0.15) is 26.3 Å². The van der Waals surface area contributed by atoms with E-state index in [0.29, 0.717) is 12.7 Å². The molecule has 0 saturated heterocycles. The van der Waals surface area contributed by atoms with Crippen LogP contribution in [-0.4, -0.2) is 13.3 Å². The van der Waals surface area contributed by atoms with Crippen molar-refractivity contribution in [3.63, 3.8) is 0 Å². The molecular formula is C14H21NO2. The van der Waals surface area contributed by atoms with Crippen molar-refractivity contribution in [2.45, 2.75) is 27.3 Å². The van der Waals surface area contributed by atoms with Crippen LogP contribution in [0, 0.1) is 11.8 Å². The maximum Gasteiger partial charge on any atom is 0.231 e. The van der Waals surface area contributed by atoms with Crippen molar-refractivity contribution in [3.8, 4) is 11.5 Å². The van der Waals surface area contributed by atoms with Crippen LogP contribution in [0.5, 0.6) is 11.5 Å². The molecule has 1 heterocycles. The molecule has 1 atom stereocenters. The third-order valence-electron chi connectivity index (χ3n) is 3.37.